The first-order valence-corrected chi connectivity index (χ1v) is 7.25. The molecule has 0 bridgehead atoms. The molecule has 0 radical (unpaired) electrons. The molecule has 0 spiro atoms. The van der Waals surface area contributed by atoms with Crippen molar-refractivity contribution < 1.29 is 4.79 Å². The Morgan fingerprint density at radius 3 is 2.65 bits per heavy atom. The van der Waals surface area contributed by atoms with Gasteiger partial charge in [-0.25, -0.2) is 0 Å². The van der Waals surface area contributed by atoms with E-state index in [1.54, 1.807) is 0 Å². The molecule has 0 aliphatic carbocycles. The Kier molecular flexibility index (Phi) is 7.25. The van der Waals surface area contributed by atoms with Crippen molar-refractivity contribution in [2.45, 2.75) is 64.8 Å². The Labute approximate surface area is 106 Å². The average Bonchev–Trinajstić information content (AvgIpc) is 2.37. The van der Waals surface area contributed by atoms with E-state index >= 15 is 0 Å². The maximum absolute atomic E-state index is 11.9. The minimum Gasteiger partial charge on any atom is -0.343 e. The van der Waals surface area contributed by atoms with Crippen LogP contribution in [-0.4, -0.2) is 36.5 Å². The van der Waals surface area contributed by atoms with Gasteiger partial charge in [-0.1, -0.05) is 19.8 Å². The largest absolute Gasteiger partial charge is 0.343 e. The van der Waals surface area contributed by atoms with Crippen LogP contribution in [0.15, 0.2) is 0 Å². The first kappa shape index (κ1) is 14.5. The summed E-state index contributed by atoms with van der Waals surface area (Å²) in [5.74, 6) is 0.333. The normalized spacial score (nSPS) is 18.1. The van der Waals surface area contributed by atoms with Crippen LogP contribution in [-0.2, 0) is 4.79 Å². The highest BCUT2D eigenvalue weighted by Gasteiger charge is 2.15. The lowest BCUT2D eigenvalue weighted by molar-refractivity contribution is -0.131. The molecule has 1 atom stereocenters. The zero-order valence-corrected chi connectivity index (χ0v) is 11.5. The van der Waals surface area contributed by atoms with E-state index < -0.39 is 0 Å². The van der Waals surface area contributed by atoms with Crippen molar-refractivity contribution in [1.29, 1.82) is 0 Å². The quantitative estimate of drug-likeness (QED) is 0.742. The molecule has 1 N–H and O–H groups in total. The zero-order valence-electron chi connectivity index (χ0n) is 11.5. The number of carbonyl (C=O) groups excluding carboxylic acids is 1. The van der Waals surface area contributed by atoms with Gasteiger partial charge >= 0.3 is 0 Å². The van der Waals surface area contributed by atoms with Crippen molar-refractivity contribution in [2.75, 3.05) is 19.6 Å². The van der Waals surface area contributed by atoms with Crippen LogP contribution in [0.5, 0.6) is 0 Å². The summed E-state index contributed by atoms with van der Waals surface area (Å²) in [5, 5.41) is 3.44. The SMILES string of the molecule is CCCCC(C)NCCC(=O)N1CCCCC1. The Balaban J connectivity index is 2.06. The number of likely N-dealkylation sites (tertiary alicyclic amines) is 1. The molecule has 1 unspecified atom stereocenters. The van der Waals surface area contributed by atoms with Crippen molar-refractivity contribution in [2.24, 2.45) is 0 Å². The Morgan fingerprint density at radius 2 is 2.00 bits per heavy atom. The van der Waals surface area contributed by atoms with Gasteiger partial charge in [0.25, 0.3) is 0 Å². The Hall–Kier alpha value is -0.570. The minimum atomic E-state index is 0.333. The van der Waals surface area contributed by atoms with Gasteiger partial charge in [0.05, 0.1) is 0 Å². The zero-order chi connectivity index (χ0) is 12.5. The molecule has 1 amide bonds. The molecule has 3 nitrogen and oxygen atoms in total. The summed E-state index contributed by atoms with van der Waals surface area (Å²) < 4.78 is 0. The molecule has 100 valence electrons. The van der Waals surface area contributed by atoms with Gasteiger partial charge in [-0.05, 0) is 32.6 Å². The van der Waals surface area contributed by atoms with Gasteiger partial charge < -0.3 is 10.2 Å². The molecule has 1 heterocycles. The van der Waals surface area contributed by atoms with E-state index in [9.17, 15) is 4.79 Å². The van der Waals surface area contributed by atoms with Crippen LogP contribution in [0.2, 0.25) is 0 Å². The van der Waals surface area contributed by atoms with Gasteiger partial charge in [0.2, 0.25) is 5.91 Å². The molecule has 0 aromatic heterocycles. The maximum atomic E-state index is 11.9. The third-order valence-electron chi connectivity index (χ3n) is 3.53. The molecule has 1 rings (SSSR count). The first-order chi connectivity index (χ1) is 8.24. The number of rotatable bonds is 7. The predicted octanol–water partition coefficient (Wildman–Crippen LogP) is 2.56. The van der Waals surface area contributed by atoms with E-state index in [2.05, 4.69) is 19.2 Å². The average molecular weight is 240 g/mol. The maximum Gasteiger partial charge on any atom is 0.223 e. The summed E-state index contributed by atoms with van der Waals surface area (Å²) in [4.78, 5) is 13.9. The van der Waals surface area contributed by atoms with Gasteiger partial charge in [-0.2, -0.15) is 0 Å². The van der Waals surface area contributed by atoms with Crippen molar-refractivity contribution in [1.82, 2.24) is 10.2 Å². The smallest absolute Gasteiger partial charge is 0.223 e. The number of nitrogens with zero attached hydrogens (tertiary/aromatic N) is 1. The van der Waals surface area contributed by atoms with E-state index in [0.29, 0.717) is 18.4 Å². The number of hydrogen-bond acceptors (Lipinski definition) is 2. The molecular weight excluding hydrogens is 212 g/mol. The van der Waals surface area contributed by atoms with Gasteiger partial charge in [0, 0.05) is 32.1 Å². The molecule has 0 aromatic rings. The number of amides is 1. The fraction of sp³-hybridized carbons (Fsp3) is 0.929. The van der Waals surface area contributed by atoms with Crippen molar-refractivity contribution >= 4 is 5.91 Å². The van der Waals surface area contributed by atoms with Crippen molar-refractivity contribution in [3.8, 4) is 0 Å². The molecule has 17 heavy (non-hydrogen) atoms. The summed E-state index contributed by atoms with van der Waals surface area (Å²) in [6.07, 6.45) is 8.06. The van der Waals surface area contributed by atoms with Crippen molar-refractivity contribution in [3.05, 3.63) is 0 Å². The molecule has 0 saturated carbocycles. The van der Waals surface area contributed by atoms with E-state index in [0.717, 1.165) is 19.6 Å². The molecule has 0 aromatic carbocycles. The fourth-order valence-corrected chi connectivity index (χ4v) is 2.34. The first-order valence-electron chi connectivity index (χ1n) is 7.25. The number of unbranched alkanes of at least 4 members (excludes halogenated alkanes) is 1. The highest BCUT2D eigenvalue weighted by Crippen LogP contribution is 2.09. The number of piperidine rings is 1. The molecule has 1 fully saturated rings. The third kappa shape index (κ3) is 6.06. The van der Waals surface area contributed by atoms with Crippen LogP contribution in [0.3, 0.4) is 0 Å². The van der Waals surface area contributed by atoms with E-state index in [1.165, 1.54) is 38.5 Å². The second kappa shape index (κ2) is 8.51. The van der Waals surface area contributed by atoms with Gasteiger partial charge in [0.1, 0.15) is 0 Å². The topological polar surface area (TPSA) is 32.3 Å². The lowest BCUT2D eigenvalue weighted by atomic mass is 10.1. The number of carbonyl (C=O) groups is 1. The highest BCUT2D eigenvalue weighted by atomic mass is 16.2. The Morgan fingerprint density at radius 1 is 1.29 bits per heavy atom. The van der Waals surface area contributed by atoms with Crippen LogP contribution < -0.4 is 5.32 Å². The lowest BCUT2D eigenvalue weighted by Gasteiger charge is -2.27. The van der Waals surface area contributed by atoms with Crippen LogP contribution in [0, 0.1) is 0 Å². The van der Waals surface area contributed by atoms with Crippen molar-refractivity contribution in [3.63, 3.8) is 0 Å². The van der Waals surface area contributed by atoms with Gasteiger partial charge in [-0.3, -0.25) is 4.79 Å². The second-order valence-corrected chi connectivity index (χ2v) is 5.19. The molecule has 1 aliphatic heterocycles. The summed E-state index contributed by atoms with van der Waals surface area (Å²) in [5.41, 5.74) is 0. The third-order valence-corrected chi connectivity index (χ3v) is 3.53. The number of nitrogens with one attached hydrogen (secondary N) is 1. The molecule has 1 saturated heterocycles. The van der Waals surface area contributed by atoms with E-state index in [-0.39, 0.29) is 0 Å². The lowest BCUT2D eigenvalue weighted by Crippen LogP contribution is -2.38. The second-order valence-electron chi connectivity index (χ2n) is 5.19. The molecule has 3 heteroatoms. The van der Waals surface area contributed by atoms with E-state index in [1.807, 2.05) is 4.90 Å². The molecular formula is C14H28N2O. The summed E-state index contributed by atoms with van der Waals surface area (Å²) in [6.45, 7) is 7.21. The van der Waals surface area contributed by atoms with E-state index in [4.69, 9.17) is 0 Å². The summed E-state index contributed by atoms with van der Waals surface area (Å²) >= 11 is 0. The fourth-order valence-electron chi connectivity index (χ4n) is 2.34. The Bertz CT molecular complexity index is 212. The molecule has 1 aliphatic rings. The van der Waals surface area contributed by atoms with Gasteiger partial charge in [-0.15, -0.1) is 0 Å². The monoisotopic (exact) mass is 240 g/mol. The van der Waals surface area contributed by atoms with Crippen LogP contribution in [0.1, 0.15) is 58.8 Å². The predicted molar refractivity (Wildman–Crippen MR) is 72.0 cm³/mol. The van der Waals surface area contributed by atoms with Crippen LogP contribution in [0.4, 0.5) is 0 Å². The highest BCUT2D eigenvalue weighted by molar-refractivity contribution is 5.76. The van der Waals surface area contributed by atoms with Gasteiger partial charge in [0.15, 0.2) is 0 Å². The van der Waals surface area contributed by atoms with Crippen LogP contribution >= 0.6 is 0 Å². The summed E-state index contributed by atoms with van der Waals surface area (Å²) in [7, 11) is 0. The minimum absolute atomic E-state index is 0.333. The number of hydrogen-bond donors (Lipinski definition) is 1. The van der Waals surface area contributed by atoms with Crippen LogP contribution in [0.25, 0.3) is 0 Å². The standard InChI is InChI=1S/C14H28N2O/c1-3-4-8-13(2)15-10-9-14(17)16-11-6-5-7-12-16/h13,15H,3-12H2,1-2H3. The summed E-state index contributed by atoms with van der Waals surface area (Å²) in [6, 6.07) is 0.545.